The van der Waals surface area contributed by atoms with E-state index in [9.17, 15) is 30.7 Å². The molecule has 1 rings (SSSR count). The van der Waals surface area contributed by atoms with Crippen LogP contribution in [0.25, 0.3) is 0 Å². The highest BCUT2D eigenvalue weighted by Crippen LogP contribution is 2.52. The molecule has 0 amide bonds. The summed E-state index contributed by atoms with van der Waals surface area (Å²) in [6.45, 7) is -3.44. The Morgan fingerprint density at radius 1 is 1.00 bits per heavy atom. The third-order valence-corrected chi connectivity index (χ3v) is 1.23. The van der Waals surface area contributed by atoms with Crippen molar-refractivity contribution >= 4 is 0 Å². The molecule has 1 aliphatic heterocycles. The molecule has 0 saturated carbocycles. The molecule has 9 heteroatoms. The quantitative estimate of drug-likeness (QED) is 0.575. The van der Waals surface area contributed by atoms with Gasteiger partial charge < -0.3 is 0 Å². The lowest BCUT2D eigenvalue weighted by atomic mass is 10.3. The van der Waals surface area contributed by atoms with E-state index in [0.717, 1.165) is 0 Å². The van der Waals surface area contributed by atoms with Crippen molar-refractivity contribution in [2.75, 3.05) is 0 Å². The standard InChI is InChI=1S/C4HF7O2/c5-1-12-2(6,3(7,8)9)4(10,11)13-1/h1H/t1-,2-/m1/s1. The first-order chi connectivity index (χ1) is 5.60. The van der Waals surface area contributed by atoms with Crippen molar-refractivity contribution < 1.29 is 40.2 Å². The Morgan fingerprint density at radius 3 is 1.62 bits per heavy atom. The average molecular weight is 214 g/mol. The highest BCUT2D eigenvalue weighted by atomic mass is 19.4. The van der Waals surface area contributed by atoms with E-state index in [2.05, 4.69) is 9.47 Å². The summed E-state index contributed by atoms with van der Waals surface area (Å²) < 4.78 is 88.4. The minimum Gasteiger partial charge on any atom is -0.274 e. The molecule has 1 heterocycles. The van der Waals surface area contributed by atoms with Crippen LogP contribution in [-0.2, 0) is 9.47 Å². The van der Waals surface area contributed by atoms with Crippen LogP contribution in [0.5, 0.6) is 0 Å². The summed E-state index contributed by atoms with van der Waals surface area (Å²) in [6, 6.07) is 0. The zero-order valence-electron chi connectivity index (χ0n) is 5.54. The maximum absolute atomic E-state index is 12.4. The number of hydrogen-bond donors (Lipinski definition) is 0. The molecule has 0 N–H and O–H groups in total. The van der Waals surface area contributed by atoms with Gasteiger partial charge in [0.05, 0.1) is 0 Å². The summed E-state index contributed by atoms with van der Waals surface area (Å²) in [6.07, 6.45) is -11.5. The minimum atomic E-state index is -6.07. The van der Waals surface area contributed by atoms with Gasteiger partial charge in [-0.15, -0.1) is 0 Å². The van der Waals surface area contributed by atoms with Crippen molar-refractivity contribution in [1.29, 1.82) is 0 Å². The molecule has 0 spiro atoms. The van der Waals surface area contributed by atoms with Crippen molar-refractivity contribution in [1.82, 2.24) is 0 Å². The lowest BCUT2D eigenvalue weighted by Crippen LogP contribution is -2.53. The SMILES string of the molecule is F[C@H]1OC(F)(F)[C@@](F)(C(F)(F)F)O1. The molecule has 0 aromatic rings. The fraction of sp³-hybridized carbons (Fsp3) is 1.00. The van der Waals surface area contributed by atoms with E-state index in [4.69, 9.17) is 0 Å². The monoisotopic (exact) mass is 214 g/mol. The largest absolute Gasteiger partial charge is 0.458 e. The second kappa shape index (κ2) is 2.47. The lowest BCUT2D eigenvalue weighted by molar-refractivity contribution is -0.394. The first-order valence-electron chi connectivity index (χ1n) is 2.73. The first kappa shape index (κ1) is 10.5. The number of alkyl halides is 7. The van der Waals surface area contributed by atoms with Crippen LogP contribution in [0, 0.1) is 0 Å². The van der Waals surface area contributed by atoms with Gasteiger partial charge in [0, 0.05) is 0 Å². The summed E-state index contributed by atoms with van der Waals surface area (Å²) >= 11 is 0. The van der Waals surface area contributed by atoms with E-state index in [-0.39, 0.29) is 0 Å². The minimum absolute atomic E-state index is 2.67. The summed E-state index contributed by atoms with van der Waals surface area (Å²) in [7, 11) is 0. The zero-order chi connectivity index (χ0) is 10.5. The van der Waals surface area contributed by atoms with E-state index in [1.165, 1.54) is 0 Å². The Hall–Kier alpha value is -0.570. The molecular formula is C4HF7O2. The highest BCUT2D eigenvalue weighted by Gasteiger charge is 2.80. The van der Waals surface area contributed by atoms with Crippen molar-refractivity contribution in [3.8, 4) is 0 Å². The van der Waals surface area contributed by atoms with Gasteiger partial charge in [-0.25, -0.2) is 0 Å². The van der Waals surface area contributed by atoms with Gasteiger partial charge in [-0.3, -0.25) is 9.47 Å². The van der Waals surface area contributed by atoms with Gasteiger partial charge in [0.15, 0.2) is 0 Å². The van der Waals surface area contributed by atoms with E-state index in [1.54, 1.807) is 0 Å². The zero-order valence-corrected chi connectivity index (χ0v) is 5.54. The van der Waals surface area contributed by atoms with E-state index in [1.807, 2.05) is 0 Å². The van der Waals surface area contributed by atoms with Crippen LogP contribution in [0.4, 0.5) is 30.7 Å². The average Bonchev–Trinajstić information content (AvgIpc) is 2.00. The molecule has 1 fully saturated rings. The summed E-state index contributed by atoms with van der Waals surface area (Å²) in [5.74, 6) is -5.43. The Bertz CT molecular complexity index is 213. The summed E-state index contributed by atoms with van der Waals surface area (Å²) in [5, 5.41) is 0. The Labute approximate surface area is 66.2 Å². The molecule has 0 bridgehead atoms. The Balaban J connectivity index is 3.03. The fourth-order valence-electron chi connectivity index (χ4n) is 0.644. The molecule has 0 aromatic carbocycles. The maximum Gasteiger partial charge on any atom is 0.458 e. The smallest absolute Gasteiger partial charge is 0.274 e. The summed E-state index contributed by atoms with van der Waals surface area (Å²) in [4.78, 5) is 0. The number of ether oxygens (including phenoxy) is 2. The third kappa shape index (κ3) is 1.35. The molecule has 0 unspecified atom stereocenters. The molecule has 0 aromatic heterocycles. The van der Waals surface area contributed by atoms with E-state index in [0.29, 0.717) is 0 Å². The molecule has 2 atom stereocenters. The number of hydrogen-bond acceptors (Lipinski definition) is 2. The van der Waals surface area contributed by atoms with Gasteiger partial charge in [0.25, 0.3) is 0 Å². The van der Waals surface area contributed by atoms with Crippen molar-refractivity contribution in [2.45, 2.75) is 24.7 Å². The van der Waals surface area contributed by atoms with Gasteiger partial charge >= 0.3 is 24.7 Å². The lowest BCUT2D eigenvalue weighted by Gasteiger charge is -2.24. The first-order valence-corrected chi connectivity index (χ1v) is 2.73. The molecule has 78 valence electrons. The Kier molecular flexibility index (Phi) is 2.00. The molecular weight excluding hydrogens is 213 g/mol. The number of halogens is 7. The third-order valence-electron chi connectivity index (χ3n) is 1.23. The second-order valence-corrected chi connectivity index (χ2v) is 2.12. The van der Waals surface area contributed by atoms with Crippen LogP contribution in [0.2, 0.25) is 0 Å². The Morgan fingerprint density at radius 2 is 1.46 bits per heavy atom. The predicted molar refractivity (Wildman–Crippen MR) is 21.9 cm³/mol. The summed E-state index contributed by atoms with van der Waals surface area (Å²) in [5.41, 5.74) is 0. The van der Waals surface area contributed by atoms with Gasteiger partial charge in [-0.05, 0) is 0 Å². The van der Waals surface area contributed by atoms with Gasteiger partial charge in [0.2, 0.25) is 0 Å². The second-order valence-electron chi connectivity index (χ2n) is 2.12. The molecule has 1 aliphatic rings. The molecule has 0 aliphatic carbocycles. The van der Waals surface area contributed by atoms with Crippen LogP contribution in [-0.4, -0.2) is 24.7 Å². The topological polar surface area (TPSA) is 18.5 Å². The van der Waals surface area contributed by atoms with Crippen LogP contribution in [0.15, 0.2) is 0 Å². The van der Waals surface area contributed by atoms with Crippen LogP contribution in [0.3, 0.4) is 0 Å². The highest BCUT2D eigenvalue weighted by molar-refractivity contribution is 4.89. The number of rotatable bonds is 0. The maximum atomic E-state index is 12.4. The van der Waals surface area contributed by atoms with Gasteiger partial charge in [0.1, 0.15) is 0 Å². The van der Waals surface area contributed by atoms with Crippen LogP contribution >= 0.6 is 0 Å². The van der Waals surface area contributed by atoms with E-state index >= 15 is 0 Å². The molecule has 13 heavy (non-hydrogen) atoms. The van der Waals surface area contributed by atoms with Gasteiger partial charge in [-0.2, -0.15) is 30.7 Å². The normalized spacial score (nSPS) is 39.5. The van der Waals surface area contributed by atoms with Crippen molar-refractivity contribution in [3.63, 3.8) is 0 Å². The fourth-order valence-corrected chi connectivity index (χ4v) is 0.644. The molecule has 0 radical (unpaired) electrons. The van der Waals surface area contributed by atoms with Crippen LogP contribution in [0.1, 0.15) is 0 Å². The molecule has 2 nitrogen and oxygen atoms in total. The van der Waals surface area contributed by atoms with Crippen LogP contribution < -0.4 is 0 Å². The van der Waals surface area contributed by atoms with E-state index < -0.39 is 24.7 Å². The van der Waals surface area contributed by atoms with Gasteiger partial charge in [-0.1, -0.05) is 0 Å². The molecule has 1 saturated heterocycles. The van der Waals surface area contributed by atoms with Crippen molar-refractivity contribution in [2.24, 2.45) is 0 Å². The van der Waals surface area contributed by atoms with Crippen molar-refractivity contribution in [3.05, 3.63) is 0 Å². The predicted octanol–water partition coefficient (Wildman–Crippen LogP) is 2.11.